The van der Waals surface area contributed by atoms with Crippen LogP contribution in [0.1, 0.15) is 6.92 Å². The molecule has 1 aromatic rings. The maximum Gasteiger partial charge on any atom is 0.411 e. The van der Waals surface area contributed by atoms with Gasteiger partial charge in [-0.05, 0) is 19.1 Å². The van der Waals surface area contributed by atoms with Crippen molar-refractivity contribution in [1.29, 1.82) is 0 Å². The monoisotopic (exact) mass is 347 g/mol. The Hall–Kier alpha value is -2.16. The minimum absolute atomic E-state index is 0.129. The van der Waals surface area contributed by atoms with Gasteiger partial charge in [-0.3, -0.25) is 4.79 Å². The fourth-order valence-electron chi connectivity index (χ4n) is 2.40. The van der Waals surface area contributed by atoms with Crippen LogP contribution in [0.2, 0.25) is 0 Å². The Bertz CT molecular complexity index is 616. The van der Waals surface area contributed by atoms with E-state index in [1.165, 1.54) is 4.90 Å². The molecule has 0 saturated carbocycles. The molecule has 1 saturated heterocycles. The van der Waals surface area contributed by atoms with Crippen molar-refractivity contribution < 1.29 is 36.9 Å². The topological polar surface area (TPSA) is 57.2 Å². The largest absolute Gasteiger partial charge is 0.481 e. The second-order valence-corrected chi connectivity index (χ2v) is 5.57. The van der Waals surface area contributed by atoms with Gasteiger partial charge in [0, 0.05) is 19.2 Å². The summed E-state index contributed by atoms with van der Waals surface area (Å²) < 4.78 is 56.8. The van der Waals surface area contributed by atoms with Crippen molar-refractivity contribution >= 4 is 5.91 Å². The van der Waals surface area contributed by atoms with E-state index in [1.54, 1.807) is 25.1 Å². The van der Waals surface area contributed by atoms with Gasteiger partial charge in [0.15, 0.2) is 17.6 Å². The highest BCUT2D eigenvalue weighted by Crippen LogP contribution is 2.35. The summed E-state index contributed by atoms with van der Waals surface area (Å²) in [7, 11) is 0. The lowest BCUT2D eigenvalue weighted by molar-refractivity contribution is -0.201. The van der Waals surface area contributed by atoms with Crippen LogP contribution in [0.3, 0.4) is 0 Å². The van der Waals surface area contributed by atoms with E-state index in [0.717, 1.165) is 0 Å². The van der Waals surface area contributed by atoms with Gasteiger partial charge in [-0.2, -0.15) is 13.2 Å². The second-order valence-electron chi connectivity index (χ2n) is 5.57. The van der Waals surface area contributed by atoms with Gasteiger partial charge in [-0.15, -0.1) is 0 Å². The minimum atomic E-state index is -4.36. The Morgan fingerprint density at radius 2 is 2.04 bits per heavy atom. The van der Waals surface area contributed by atoms with Crippen molar-refractivity contribution in [2.45, 2.75) is 25.3 Å². The molecule has 6 nitrogen and oxygen atoms in total. The Balaban J connectivity index is 1.46. The summed E-state index contributed by atoms with van der Waals surface area (Å²) in [6.07, 6.45) is -5.72. The van der Waals surface area contributed by atoms with Crippen molar-refractivity contribution in [1.82, 2.24) is 4.90 Å². The quantitative estimate of drug-likeness (QED) is 0.815. The van der Waals surface area contributed by atoms with Crippen LogP contribution in [0.25, 0.3) is 0 Å². The van der Waals surface area contributed by atoms with E-state index < -0.39 is 25.0 Å². The highest BCUT2D eigenvalue weighted by Gasteiger charge is 2.37. The van der Waals surface area contributed by atoms with E-state index in [1.807, 2.05) is 0 Å². The van der Waals surface area contributed by atoms with Gasteiger partial charge < -0.3 is 23.8 Å². The molecule has 1 aromatic carbocycles. The first kappa shape index (κ1) is 16.7. The lowest BCUT2D eigenvalue weighted by Gasteiger charge is -2.40. The summed E-state index contributed by atoms with van der Waals surface area (Å²) in [6.45, 7) is 0.674. The van der Waals surface area contributed by atoms with Crippen LogP contribution in [-0.2, 0) is 9.53 Å². The number of halogens is 3. The maximum absolute atomic E-state index is 12.2. The van der Waals surface area contributed by atoms with Gasteiger partial charge in [0.1, 0.15) is 12.4 Å². The first-order chi connectivity index (χ1) is 11.3. The van der Waals surface area contributed by atoms with Gasteiger partial charge in [-0.25, -0.2) is 0 Å². The molecule has 0 aliphatic carbocycles. The average Bonchev–Trinajstić information content (AvgIpc) is 2.91. The smallest absolute Gasteiger partial charge is 0.411 e. The fraction of sp³-hybridized carbons (Fsp3) is 0.533. The van der Waals surface area contributed by atoms with Crippen molar-refractivity contribution in [2.75, 3.05) is 26.5 Å². The molecule has 24 heavy (non-hydrogen) atoms. The second kappa shape index (κ2) is 6.39. The fourth-order valence-corrected chi connectivity index (χ4v) is 2.40. The van der Waals surface area contributed by atoms with Gasteiger partial charge in [0.2, 0.25) is 6.79 Å². The Morgan fingerprint density at radius 3 is 2.75 bits per heavy atom. The molecule has 0 spiro atoms. The number of amides is 1. The predicted octanol–water partition coefficient (Wildman–Crippen LogP) is 1.97. The first-order valence-corrected chi connectivity index (χ1v) is 7.35. The molecule has 3 rings (SSSR count). The van der Waals surface area contributed by atoms with E-state index >= 15 is 0 Å². The Morgan fingerprint density at radius 1 is 1.33 bits per heavy atom. The first-order valence-electron chi connectivity index (χ1n) is 7.35. The van der Waals surface area contributed by atoms with Gasteiger partial charge in [0.25, 0.3) is 5.91 Å². The summed E-state index contributed by atoms with van der Waals surface area (Å²) in [5, 5.41) is 0. The number of nitrogens with zero attached hydrogens (tertiary/aromatic N) is 1. The zero-order chi connectivity index (χ0) is 17.3. The molecule has 0 aromatic heterocycles. The third-order valence-corrected chi connectivity index (χ3v) is 3.65. The number of hydrogen-bond acceptors (Lipinski definition) is 5. The lowest BCUT2D eigenvalue weighted by atomic mass is 10.1. The number of hydrogen-bond donors (Lipinski definition) is 0. The number of alkyl halides is 3. The molecule has 9 heteroatoms. The predicted molar refractivity (Wildman–Crippen MR) is 75.0 cm³/mol. The normalized spacial score (nSPS) is 18.2. The highest BCUT2D eigenvalue weighted by molar-refractivity contribution is 5.81. The van der Waals surface area contributed by atoms with Crippen molar-refractivity contribution in [3.63, 3.8) is 0 Å². The number of carbonyl (C=O) groups is 1. The number of carbonyl (C=O) groups excluding carboxylic acids is 1. The molecule has 1 amide bonds. The summed E-state index contributed by atoms with van der Waals surface area (Å²) in [5.41, 5.74) is 0. The summed E-state index contributed by atoms with van der Waals surface area (Å²) in [5.74, 6) is 1.29. The molecular formula is C15H16F3NO5. The van der Waals surface area contributed by atoms with Crippen molar-refractivity contribution in [3.8, 4) is 17.2 Å². The van der Waals surface area contributed by atoms with Crippen LogP contribution in [-0.4, -0.2) is 55.7 Å². The van der Waals surface area contributed by atoms with Crippen LogP contribution in [0, 0.1) is 0 Å². The Kier molecular flexibility index (Phi) is 4.44. The molecule has 1 atom stereocenters. The van der Waals surface area contributed by atoms with Gasteiger partial charge >= 0.3 is 6.18 Å². The number of benzene rings is 1. The van der Waals surface area contributed by atoms with Crippen LogP contribution in [0.4, 0.5) is 13.2 Å². The van der Waals surface area contributed by atoms with Crippen LogP contribution >= 0.6 is 0 Å². The van der Waals surface area contributed by atoms with E-state index in [4.69, 9.17) is 14.2 Å². The third-order valence-electron chi connectivity index (χ3n) is 3.65. The molecule has 0 bridgehead atoms. The molecule has 132 valence electrons. The molecule has 2 aliphatic heterocycles. The summed E-state index contributed by atoms with van der Waals surface area (Å²) in [6, 6.07) is 4.96. The third kappa shape index (κ3) is 3.84. The van der Waals surface area contributed by atoms with Crippen molar-refractivity contribution in [2.24, 2.45) is 0 Å². The standard InChI is InChI=1S/C15H16F3NO5/c1-9(24-10-2-3-12-13(4-10)23-8-22-12)14(20)19-5-11(6-19)21-7-15(16,17)18/h2-4,9,11H,5-8H2,1H3/t9-/m1/s1. The summed E-state index contributed by atoms with van der Waals surface area (Å²) in [4.78, 5) is 13.6. The molecule has 0 unspecified atom stereocenters. The van der Waals surface area contributed by atoms with Gasteiger partial charge in [-0.1, -0.05) is 0 Å². The van der Waals surface area contributed by atoms with E-state index in [2.05, 4.69) is 4.74 Å². The number of ether oxygens (including phenoxy) is 4. The average molecular weight is 347 g/mol. The number of likely N-dealkylation sites (tertiary alicyclic amines) is 1. The van der Waals surface area contributed by atoms with E-state index in [0.29, 0.717) is 17.2 Å². The SMILES string of the molecule is C[C@@H](Oc1ccc2c(c1)OCO2)C(=O)N1CC(OCC(F)(F)F)C1. The van der Waals surface area contributed by atoms with Crippen LogP contribution in [0.5, 0.6) is 17.2 Å². The molecule has 1 fully saturated rings. The molecule has 0 N–H and O–H groups in total. The zero-order valence-corrected chi connectivity index (χ0v) is 12.8. The van der Waals surface area contributed by atoms with E-state index in [9.17, 15) is 18.0 Å². The zero-order valence-electron chi connectivity index (χ0n) is 12.8. The lowest BCUT2D eigenvalue weighted by Crippen LogP contribution is -2.58. The molecular weight excluding hydrogens is 331 g/mol. The van der Waals surface area contributed by atoms with Crippen LogP contribution < -0.4 is 14.2 Å². The van der Waals surface area contributed by atoms with Crippen molar-refractivity contribution in [3.05, 3.63) is 18.2 Å². The number of fused-ring (bicyclic) bond motifs is 1. The van der Waals surface area contributed by atoms with E-state index in [-0.39, 0.29) is 25.8 Å². The molecule has 2 heterocycles. The highest BCUT2D eigenvalue weighted by atomic mass is 19.4. The molecule has 2 aliphatic rings. The minimum Gasteiger partial charge on any atom is -0.481 e. The molecule has 0 radical (unpaired) electrons. The van der Waals surface area contributed by atoms with Crippen LogP contribution in [0.15, 0.2) is 18.2 Å². The van der Waals surface area contributed by atoms with Gasteiger partial charge in [0.05, 0.1) is 6.10 Å². The maximum atomic E-state index is 12.2. The number of rotatable bonds is 5. The summed E-state index contributed by atoms with van der Waals surface area (Å²) >= 11 is 0. The Labute approximate surface area is 136 Å².